The summed E-state index contributed by atoms with van der Waals surface area (Å²) in [4.78, 5) is 0. The Labute approximate surface area is 125 Å². The lowest BCUT2D eigenvalue weighted by atomic mass is 10.1. The third-order valence-corrected chi connectivity index (χ3v) is 4.19. The van der Waals surface area contributed by atoms with Crippen molar-refractivity contribution in [3.8, 4) is 0 Å². The molecule has 2 heterocycles. The molecule has 1 N–H and O–H groups in total. The lowest BCUT2D eigenvalue weighted by molar-refractivity contribution is 0.448. The topological polar surface area (TPSA) is 25.2 Å². The Balaban J connectivity index is 2.33. The summed E-state index contributed by atoms with van der Waals surface area (Å²) in [7, 11) is 0. The maximum Gasteiger partial charge on any atom is 0.193 e. The fraction of sp³-hybridized carbons (Fsp3) is 0.333. The van der Waals surface area contributed by atoms with Crippen molar-refractivity contribution in [2.75, 3.05) is 6.54 Å². The van der Waals surface area contributed by atoms with Crippen LogP contribution in [-0.2, 0) is 0 Å². The van der Waals surface area contributed by atoms with E-state index in [-0.39, 0.29) is 6.04 Å². The second-order valence-corrected chi connectivity index (χ2v) is 6.47. The molecule has 2 nitrogen and oxygen atoms in total. The van der Waals surface area contributed by atoms with Gasteiger partial charge < -0.3 is 9.73 Å². The molecule has 0 radical (unpaired) electrons. The largest absolute Gasteiger partial charge is 0.448 e. The predicted octanol–water partition coefficient (Wildman–Crippen LogP) is 5.39. The molecule has 0 aliphatic rings. The maximum atomic E-state index is 6.19. The number of rotatable bonds is 5. The monoisotopic (exact) mass is 323 g/mol. The van der Waals surface area contributed by atoms with Crippen LogP contribution in [0.25, 0.3) is 0 Å². The zero-order valence-electron chi connectivity index (χ0n) is 9.67. The van der Waals surface area contributed by atoms with Crippen molar-refractivity contribution in [1.82, 2.24) is 5.32 Å². The van der Waals surface area contributed by atoms with Gasteiger partial charge in [0.25, 0.3) is 0 Å². The quantitative estimate of drug-likeness (QED) is 0.797. The average Bonchev–Trinajstić information content (AvgIpc) is 2.87. The van der Waals surface area contributed by atoms with E-state index in [4.69, 9.17) is 39.2 Å². The highest BCUT2D eigenvalue weighted by Gasteiger charge is 2.21. The van der Waals surface area contributed by atoms with E-state index in [1.54, 1.807) is 6.07 Å². The van der Waals surface area contributed by atoms with Crippen LogP contribution >= 0.6 is 46.1 Å². The van der Waals surface area contributed by atoms with Crippen LogP contribution in [0.1, 0.15) is 30.7 Å². The Bertz CT molecular complexity index is 523. The SMILES string of the molecule is CCCNC(c1ccc(Cl)o1)c1cc(Cl)sc1Cl. The van der Waals surface area contributed by atoms with Crippen molar-refractivity contribution >= 4 is 46.1 Å². The van der Waals surface area contributed by atoms with Gasteiger partial charge in [-0.15, -0.1) is 11.3 Å². The Kier molecular flexibility index (Phi) is 4.98. The first kappa shape index (κ1) is 14.2. The lowest BCUT2D eigenvalue weighted by Gasteiger charge is -2.15. The first-order chi connectivity index (χ1) is 8.61. The summed E-state index contributed by atoms with van der Waals surface area (Å²) in [6.45, 7) is 2.95. The van der Waals surface area contributed by atoms with Gasteiger partial charge >= 0.3 is 0 Å². The Morgan fingerprint density at radius 2 is 2.11 bits per heavy atom. The molecule has 2 rings (SSSR count). The molecule has 0 saturated carbocycles. The van der Waals surface area contributed by atoms with Gasteiger partial charge in [-0.25, -0.2) is 0 Å². The molecule has 98 valence electrons. The van der Waals surface area contributed by atoms with Crippen molar-refractivity contribution in [2.24, 2.45) is 0 Å². The molecule has 0 fully saturated rings. The van der Waals surface area contributed by atoms with Gasteiger partial charge in [0.2, 0.25) is 0 Å². The number of halogens is 3. The van der Waals surface area contributed by atoms with Crippen molar-refractivity contribution in [3.63, 3.8) is 0 Å². The molecule has 0 spiro atoms. The van der Waals surface area contributed by atoms with Gasteiger partial charge in [0.1, 0.15) is 5.76 Å². The highest BCUT2D eigenvalue weighted by molar-refractivity contribution is 7.20. The lowest BCUT2D eigenvalue weighted by Crippen LogP contribution is -2.22. The third-order valence-electron chi connectivity index (χ3n) is 2.47. The summed E-state index contributed by atoms with van der Waals surface area (Å²) in [6.07, 6.45) is 1.01. The highest BCUT2D eigenvalue weighted by atomic mass is 35.5. The summed E-state index contributed by atoms with van der Waals surface area (Å²) < 4.78 is 6.80. The van der Waals surface area contributed by atoms with Crippen molar-refractivity contribution < 1.29 is 4.42 Å². The normalized spacial score (nSPS) is 12.9. The smallest absolute Gasteiger partial charge is 0.193 e. The van der Waals surface area contributed by atoms with E-state index in [9.17, 15) is 0 Å². The molecule has 2 aromatic rings. The minimum Gasteiger partial charge on any atom is -0.448 e. The zero-order chi connectivity index (χ0) is 13.1. The van der Waals surface area contributed by atoms with Crippen molar-refractivity contribution in [1.29, 1.82) is 0 Å². The molecule has 0 aliphatic heterocycles. The minimum absolute atomic E-state index is 0.117. The van der Waals surface area contributed by atoms with E-state index in [0.717, 1.165) is 24.3 Å². The summed E-state index contributed by atoms with van der Waals surface area (Å²) in [6, 6.07) is 5.31. The number of hydrogen-bond acceptors (Lipinski definition) is 3. The molecule has 0 bridgehead atoms. The summed E-state index contributed by atoms with van der Waals surface area (Å²) in [5, 5.41) is 3.75. The average molecular weight is 325 g/mol. The molecule has 1 unspecified atom stereocenters. The van der Waals surface area contributed by atoms with Crippen LogP contribution in [0.15, 0.2) is 22.6 Å². The molecule has 6 heteroatoms. The number of hydrogen-bond donors (Lipinski definition) is 1. The van der Waals surface area contributed by atoms with Crippen molar-refractivity contribution in [3.05, 3.63) is 43.4 Å². The van der Waals surface area contributed by atoms with E-state index < -0.39 is 0 Å². The fourth-order valence-electron chi connectivity index (χ4n) is 1.69. The van der Waals surface area contributed by atoms with Crippen LogP contribution in [0.4, 0.5) is 0 Å². The van der Waals surface area contributed by atoms with Gasteiger partial charge in [-0.3, -0.25) is 0 Å². The van der Waals surface area contributed by atoms with Gasteiger partial charge in [0, 0.05) is 5.56 Å². The third kappa shape index (κ3) is 3.22. The maximum absolute atomic E-state index is 6.19. The number of thiophene rings is 1. The predicted molar refractivity (Wildman–Crippen MR) is 78.2 cm³/mol. The van der Waals surface area contributed by atoms with Crippen LogP contribution in [-0.4, -0.2) is 6.54 Å². The van der Waals surface area contributed by atoms with Gasteiger partial charge in [-0.1, -0.05) is 30.1 Å². The Morgan fingerprint density at radius 3 is 2.61 bits per heavy atom. The molecule has 18 heavy (non-hydrogen) atoms. The standard InChI is InChI=1S/C12H12Cl3NOS/c1-2-5-16-11(8-3-4-9(13)17-8)7-6-10(14)18-12(7)15/h3-4,6,11,16H,2,5H2,1H3. The highest BCUT2D eigenvalue weighted by Crippen LogP contribution is 2.38. The molecule has 0 aliphatic carbocycles. The Hall–Kier alpha value is -0.190. The fourth-order valence-corrected chi connectivity index (χ4v) is 3.37. The van der Waals surface area contributed by atoms with Gasteiger partial charge in [0.05, 0.1) is 14.7 Å². The second-order valence-electron chi connectivity index (χ2n) is 3.81. The van der Waals surface area contributed by atoms with Gasteiger partial charge in [0.15, 0.2) is 5.22 Å². The van der Waals surface area contributed by atoms with Crippen LogP contribution in [0.5, 0.6) is 0 Å². The number of nitrogens with one attached hydrogen (secondary N) is 1. The molecule has 0 aromatic carbocycles. The Morgan fingerprint density at radius 1 is 1.33 bits per heavy atom. The van der Waals surface area contributed by atoms with Gasteiger partial charge in [-0.05, 0) is 42.8 Å². The molecular weight excluding hydrogens is 313 g/mol. The van der Waals surface area contributed by atoms with Gasteiger partial charge in [-0.2, -0.15) is 0 Å². The second kappa shape index (κ2) is 6.31. The first-order valence-corrected chi connectivity index (χ1v) is 7.50. The van der Waals surface area contributed by atoms with E-state index in [2.05, 4.69) is 12.2 Å². The molecule has 1 atom stereocenters. The van der Waals surface area contributed by atoms with E-state index >= 15 is 0 Å². The minimum atomic E-state index is -0.117. The summed E-state index contributed by atoms with van der Waals surface area (Å²) in [5.41, 5.74) is 0.922. The van der Waals surface area contributed by atoms with Crippen LogP contribution in [0.3, 0.4) is 0 Å². The molecule has 0 saturated heterocycles. The number of furan rings is 1. The van der Waals surface area contributed by atoms with E-state index in [0.29, 0.717) is 13.9 Å². The molecule has 0 amide bonds. The first-order valence-electron chi connectivity index (χ1n) is 5.55. The van der Waals surface area contributed by atoms with Crippen LogP contribution in [0, 0.1) is 0 Å². The summed E-state index contributed by atoms with van der Waals surface area (Å²) >= 11 is 19.3. The van der Waals surface area contributed by atoms with E-state index in [1.165, 1.54) is 11.3 Å². The van der Waals surface area contributed by atoms with Crippen LogP contribution < -0.4 is 5.32 Å². The van der Waals surface area contributed by atoms with E-state index in [1.807, 2.05) is 12.1 Å². The van der Waals surface area contributed by atoms with Crippen LogP contribution in [0.2, 0.25) is 13.9 Å². The summed E-state index contributed by atoms with van der Waals surface area (Å²) in [5.74, 6) is 0.741. The molecular formula is C12H12Cl3NOS. The van der Waals surface area contributed by atoms with Crippen molar-refractivity contribution in [2.45, 2.75) is 19.4 Å². The molecule has 2 aromatic heterocycles. The zero-order valence-corrected chi connectivity index (χ0v) is 12.8.